The van der Waals surface area contributed by atoms with Crippen LogP contribution >= 0.6 is 11.6 Å². The molecule has 1 aromatic carbocycles. The normalized spacial score (nSPS) is 28.8. The van der Waals surface area contributed by atoms with Gasteiger partial charge in [-0.2, -0.15) is 0 Å². The molecule has 1 aliphatic heterocycles. The quantitative estimate of drug-likeness (QED) is 0.734. The molecule has 1 atom stereocenters. The molecule has 1 aromatic rings. The zero-order valence-corrected chi connectivity index (χ0v) is 9.06. The number of sulfone groups is 1. The summed E-state index contributed by atoms with van der Waals surface area (Å²) in [5.41, 5.74) is -0.861. The van der Waals surface area contributed by atoms with Crippen molar-refractivity contribution in [2.45, 2.75) is 17.4 Å². The fourth-order valence-electron chi connectivity index (χ4n) is 1.72. The molecule has 3 nitrogen and oxygen atoms in total. The van der Waals surface area contributed by atoms with Gasteiger partial charge in [-0.05, 0) is 19.1 Å². The van der Waals surface area contributed by atoms with Crippen molar-refractivity contribution in [3.05, 3.63) is 28.8 Å². The van der Waals surface area contributed by atoms with Gasteiger partial charge >= 0.3 is 0 Å². The van der Waals surface area contributed by atoms with Crippen molar-refractivity contribution in [1.82, 2.24) is 0 Å². The van der Waals surface area contributed by atoms with Crippen LogP contribution in [0.4, 0.5) is 0 Å². The first-order valence-corrected chi connectivity index (χ1v) is 6.11. The maximum Gasteiger partial charge on any atom is 0.181 e. The summed E-state index contributed by atoms with van der Waals surface area (Å²) < 4.78 is 23.2. The van der Waals surface area contributed by atoms with Crippen molar-refractivity contribution in [2.24, 2.45) is 0 Å². The Morgan fingerprint density at radius 1 is 1.50 bits per heavy atom. The highest BCUT2D eigenvalue weighted by Gasteiger charge is 2.42. The Bertz CT molecular complexity index is 491. The zero-order valence-electron chi connectivity index (χ0n) is 7.49. The second-order valence-electron chi connectivity index (χ2n) is 3.67. The summed E-state index contributed by atoms with van der Waals surface area (Å²) in [6, 6.07) is 4.52. The molecule has 0 saturated heterocycles. The van der Waals surface area contributed by atoms with Crippen molar-refractivity contribution >= 4 is 21.4 Å². The predicted molar refractivity (Wildman–Crippen MR) is 53.1 cm³/mol. The van der Waals surface area contributed by atoms with E-state index in [1.165, 1.54) is 13.0 Å². The summed E-state index contributed by atoms with van der Waals surface area (Å²) in [5, 5.41) is 10.2. The lowest BCUT2D eigenvalue weighted by Gasteiger charge is -2.14. The molecule has 0 fully saturated rings. The molecular formula is C9H9ClO3S. The topological polar surface area (TPSA) is 54.4 Å². The summed E-state index contributed by atoms with van der Waals surface area (Å²) in [5.74, 6) is -0.268. The Balaban J connectivity index is 2.79. The molecule has 0 bridgehead atoms. The molecule has 76 valence electrons. The first kappa shape index (κ1) is 9.96. The number of hydrogen-bond donors (Lipinski definition) is 1. The molecule has 0 radical (unpaired) electrons. The lowest BCUT2D eigenvalue weighted by Crippen LogP contribution is -2.22. The van der Waals surface area contributed by atoms with Crippen molar-refractivity contribution in [1.29, 1.82) is 0 Å². The average molecular weight is 233 g/mol. The second kappa shape index (κ2) is 2.72. The van der Waals surface area contributed by atoms with E-state index in [2.05, 4.69) is 0 Å². The summed E-state index contributed by atoms with van der Waals surface area (Å²) in [6.07, 6.45) is 0. The Labute approximate surface area is 87.2 Å². The van der Waals surface area contributed by atoms with Gasteiger partial charge in [0.25, 0.3) is 0 Å². The van der Waals surface area contributed by atoms with E-state index in [9.17, 15) is 13.5 Å². The van der Waals surface area contributed by atoms with Crippen molar-refractivity contribution in [3.8, 4) is 0 Å². The van der Waals surface area contributed by atoms with E-state index in [1.807, 2.05) is 0 Å². The zero-order chi connectivity index (χ0) is 10.6. The largest absolute Gasteiger partial charge is 0.384 e. The molecule has 1 aliphatic rings. The molecule has 2 rings (SSSR count). The van der Waals surface area contributed by atoms with E-state index < -0.39 is 15.4 Å². The summed E-state index contributed by atoms with van der Waals surface area (Å²) >= 11 is 5.70. The van der Waals surface area contributed by atoms with Gasteiger partial charge in [0, 0.05) is 10.6 Å². The molecule has 14 heavy (non-hydrogen) atoms. The third-order valence-corrected chi connectivity index (χ3v) is 4.52. The molecular weight excluding hydrogens is 224 g/mol. The number of fused-ring (bicyclic) bond motifs is 1. The van der Waals surface area contributed by atoms with E-state index in [1.54, 1.807) is 12.1 Å². The Hall–Kier alpha value is -0.580. The van der Waals surface area contributed by atoms with Crippen LogP contribution < -0.4 is 0 Å². The third kappa shape index (κ3) is 1.34. The van der Waals surface area contributed by atoms with Gasteiger partial charge in [0.05, 0.1) is 10.6 Å². The fourth-order valence-corrected chi connectivity index (χ4v) is 3.94. The van der Waals surface area contributed by atoms with E-state index in [0.717, 1.165) is 0 Å². The van der Waals surface area contributed by atoms with Gasteiger partial charge < -0.3 is 5.11 Å². The molecule has 1 N–H and O–H groups in total. The van der Waals surface area contributed by atoms with Crippen LogP contribution in [0.25, 0.3) is 0 Å². The smallest absolute Gasteiger partial charge is 0.181 e. The van der Waals surface area contributed by atoms with Crippen LogP contribution in [0.1, 0.15) is 12.5 Å². The van der Waals surface area contributed by atoms with E-state index in [0.29, 0.717) is 10.6 Å². The van der Waals surface area contributed by atoms with Crippen molar-refractivity contribution < 1.29 is 13.5 Å². The minimum absolute atomic E-state index is 0.148. The van der Waals surface area contributed by atoms with Crippen LogP contribution in [-0.4, -0.2) is 19.3 Å². The average Bonchev–Trinajstić information content (AvgIpc) is 2.17. The summed E-state index contributed by atoms with van der Waals surface area (Å²) in [6.45, 7) is 1.49. The van der Waals surface area contributed by atoms with Crippen LogP contribution in [0.2, 0.25) is 5.02 Å². The van der Waals surface area contributed by atoms with Gasteiger partial charge in [0.2, 0.25) is 0 Å². The maximum absolute atomic E-state index is 11.6. The van der Waals surface area contributed by atoms with Gasteiger partial charge in [-0.15, -0.1) is 0 Å². The van der Waals surface area contributed by atoms with E-state index in [-0.39, 0.29) is 10.6 Å². The molecule has 0 aliphatic carbocycles. The first-order valence-electron chi connectivity index (χ1n) is 4.08. The Morgan fingerprint density at radius 3 is 2.79 bits per heavy atom. The predicted octanol–water partition coefficient (Wildman–Crippen LogP) is 1.33. The van der Waals surface area contributed by atoms with E-state index >= 15 is 0 Å². The maximum atomic E-state index is 11.6. The highest BCUT2D eigenvalue weighted by Crippen LogP contribution is 2.38. The highest BCUT2D eigenvalue weighted by molar-refractivity contribution is 7.91. The second-order valence-corrected chi connectivity index (χ2v) is 6.07. The van der Waals surface area contributed by atoms with Crippen LogP contribution in [-0.2, 0) is 15.4 Å². The third-order valence-electron chi connectivity index (χ3n) is 2.33. The van der Waals surface area contributed by atoms with Crippen LogP contribution in [0, 0.1) is 0 Å². The molecule has 1 heterocycles. The minimum Gasteiger partial charge on any atom is -0.384 e. The monoisotopic (exact) mass is 232 g/mol. The van der Waals surface area contributed by atoms with E-state index in [4.69, 9.17) is 11.6 Å². The lowest BCUT2D eigenvalue weighted by atomic mass is 9.99. The minimum atomic E-state index is -3.37. The molecule has 0 spiro atoms. The van der Waals surface area contributed by atoms with Gasteiger partial charge in [0.15, 0.2) is 9.84 Å². The van der Waals surface area contributed by atoms with Gasteiger partial charge in [-0.25, -0.2) is 8.42 Å². The van der Waals surface area contributed by atoms with Gasteiger partial charge in [-0.1, -0.05) is 17.7 Å². The number of hydrogen-bond acceptors (Lipinski definition) is 3. The van der Waals surface area contributed by atoms with Gasteiger partial charge in [-0.3, -0.25) is 0 Å². The lowest BCUT2D eigenvalue weighted by molar-refractivity contribution is 0.0842. The number of aliphatic hydroxyl groups is 1. The number of halogens is 1. The summed E-state index contributed by atoms with van der Waals surface area (Å²) in [7, 11) is -3.37. The van der Waals surface area contributed by atoms with Crippen LogP contribution in [0.15, 0.2) is 23.1 Å². The molecule has 0 saturated carbocycles. The van der Waals surface area contributed by atoms with Crippen molar-refractivity contribution in [3.63, 3.8) is 0 Å². The SMILES string of the molecule is CC1(O)CS(=O)(=O)c2cc(Cl)ccc21. The van der Waals surface area contributed by atoms with Gasteiger partial charge in [0.1, 0.15) is 5.60 Å². The molecule has 0 aromatic heterocycles. The van der Waals surface area contributed by atoms with Crippen LogP contribution in [0.3, 0.4) is 0 Å². The molecule has 1 unspecified atom stereocenters. The fraction of sp³-hybridized carbons (Fsp3) is 0.333. The van der Waals surface area contributed by atoms with Crippen LogP contribution in [0.5, 0.6) is 0 Å². The number of rotatable bonds is 0. The molecule has 5 heteroatoms. The van der Waals surface area contributed by atoms with Crippen molar-refractivity contribution in [2.75, 3.05) is 5.75 Å². The Morgan fingerprint density at radius 2 is 2.14 bits per heavy atom. The standard InChI is InChI=1S/C9H9ClO3S/c1-9(11)5-14(12,13)8-4-6(10)2-3-7(8)9/h2-4,11H,5H2,1H3. The highest BCUT2D eigenvalue weighted by atomic mass is 35.5. The first-order chi connectivity index (χ1) is 6.33. The summed E-state index contributed by atoms with van der Waals surface area (Å²) in [4.78, 5) is 0.148. The Kier molecular flexibility index (Phi) is 1.93. The number of benzene rings is 1. The molecule has 0 amide bonds.